The second-order valence-electron chi connectivity index (χ2n) is 5.63. The topological polar surface area (TPSA) is 55.8 Å². The molecule has 2 amide bonds. The van der Waals surface area contributed by atoms with Gasteiger partial charge in [0.25, 0.3) is 0 Å². The third-order valence-electron chi connectivity index (χ3n) is 4.07. The molecule has 0 unspecified atom stereocenters. The van der Waals surface area contributed by atoms with Gasteiger partial charge in [0, 0.05) is 38.4 Å². The van der Waals surface area contributed by atoms with Crippen molar-refractivity contribution in [1.82, 2.24) is 10.2 Å². The van der Waals surface area contributed by atoms with Crippen LogP contribution in [0.4, 0.5) is 23.7 Å². The average molecular weight is 345 g/mol. The molecule has 2 N–H and O–H groups in total. The number of urea groups is 1. The van der Waals surface area contributed by atoms with E-state index < -0.39 is 11.7 Å². The molecule has 0 spiro atoms. The highest BCUT2D eigenvalue weighted by Gasteiger charge is 2.36. The van der Waals surface area contributed by atoms with Gasteiger partial charge < -0.3 is 20.2 Å². The van der Waals surface area contributed by atoms with Crippen molar-refractivity contribution in [2.45, 2.75) is 19.5 Å². The summed E-state index contributed by atoms with van der Waals surface area (Å²) in [5.41, 5.74) is 0.184. The van der Waals surface area contributed by atoms with Crippen molar-refractivity contribution in [3.8, 4) is 0 Å². The normalized spacial score (nSPS) is 15.5. The number of piperazine rings is 1. The summed E-state index contributed by atoms with van der Waals surface area (Å²) in [4.78, 5) is 15.0. The summed E-state index contributed by atoms with van der Waals surface area (Å²) in [7, 11) is 0. The van der Waals surface area contributed by atoms with Crippen molar-refractivity contribution in [3.63, 3.8) is 0 Å². The number of halogens is 3. The van der Waals surface area contributed by atoms with Crippen LogP contribution in [0.2, 0.25) is 0 Å². The van der Waals surface area contributed by atoms with E-state index in [0.29, 0.717) is 38.2 Å². The average Bonchev–Trinajstić information content (AvgIpc) is 2.58. The van der Waals surface area contributed by atoms with Crippen molar-refractivity contribution >= 4 is 11.7 Å². The van der Waals surface area contributed by atoms with E-state index >= 15 is 0 Å². The van der Waals surface area contributed by atoms with Crippen LogP contribution in [-0.2, 0) is 12.6 Å². The zero-order valence-corrected chi connectivity index (χ0v) is 13.6. The third kappa shape index (κ3) is 4.31. The van der Waals surface area contributed by atoms with Crippen LogP contribution in [0, 0.1) is 0 Å². The number of nitrogens with zero attached hydrogens (tertiary/aromatic N) is 2. The summed E-state index contributed by atoms with van der Waals surface area (Å²) in [6.07, 6.45) is -3.86. The van der Waals surface area contributed by atoms with Gasteiger partial charge in [-0.05, 0) is 24.1 Å². The Bertz CT molecular complexity index is 570. The summed E-state index contributed by atoms with van der Waals surface area (Å²) < 4.78 is 40.0. The second-order valence-corrected chi connectivity index (χ2v) is 5.63. The molecule has 1 aliphatic rings. The molecule has 8 heteroatoms. The smallest absolute Gasteiger partial charge is 0.395 e. The first-order chi connectivity index (χ1) is 11.4. The Morgan fingerprint density at radius 1 is 1.25 bits per heavy atom. The van der Waals surface area contributed by atoms with Gasteiger partial charge in [0.05, 0.1) is 12.2 Å². The molecular weight excluding hydrogens is 323 g/mol. The molecule has 0 atom stereocenters. The van der Waals surface area contributed by atoms with Gasteiger partial charge in [0.1, 0.15) is 0 Å². The van der Waals surface area contributed by atoms with Crippen LogP contribution in [0.3, 0.4) is 0 Å². The van der Waals surface area contributed by atoms with Crippen molar-refractivity contribution < 1.29 is 23.1 Å². The number of carbonyl (C=O) groups excluding carboxylic acids is 1. The van der Waals surface area contributed by atoms with Crippen LogP contribution in [0.1, 0.15) is 18.1 Å². The molecule has 0 saturated carbocycles. The molecule has 1 heterocycles. The zero-order chi connectivity index (χ0) is 17.7. The lowest BCUT2D eigenvalue weighted by Crippen LogP contribution is -2.52. The van der Waals surface area contributed by atoms with E-state index in [1.54, 1.807) is 15.9 Å². The summed E-state index contributed by atoms with van der Waals surface area (Å²) in [5.74, 6) is 0. The molecule has 1 saturated heterocycles. The van der Waals surface area contributed by atoms with Crippen molar-refractivity contribution in [2.75, 3.05) is 44.2 Å². The zero-order valence-electron chi connectivity index (χ0n) is 13.6. The number of aryl methyl sites for hydroxylation is 1. The molecule has 0 radical (unpaired) electrons. The summed E-state index contributed by atoms with van der Waals surface area (Å²) in [6, 6.07) is 4.13. The van der Waals surface area contributed by atoms with Gasteiger partial charge in [-0.2, -0.15) is 13.2 Å². The molecule has 24 heavy (non-hydrogen) atoms. The van der Waals surface area contributed by atoms with Crippen LogP contribution in [0.5, 0.6) is 0 Å². The number of hydrogen-bond acceptors (Lipinski definition) is 3. The van der Waals surface area contributed by atoms with Crippen molar-refractivity contribution in [2.24, 2.45) is 0 Å². The van der Waals surface area contributed by atoms with Gasteiger partial charge in [-0.1, -0.05) is 13.0 Å². The van der Waals surface area contributed by atoms with E-state index in [2.05, 4.69) is 5.32 Å². The van der Waals surface area contributed by atoms with E-state index in [1.165, 1.54) is 12.1 Å². The maximum atomic E-state index is 13.3. The molecule has 1 aromatic rings. The number of amides is 2. The first-order valence-corrected chi connectivity index (χ1v) is 7.95. The Hall–Kier alpha value is -1.96. The van der Waals surface area contributed by atoms with E-state index in [9.17, 15) is 18.0 Å². The summed E-state index contributed by atoms with van der Waals surface area (Å²) in [5, 5.41) is 11.3. The van der Waals surface area contributed by atoms with Gasteiger partial charge >= 0.3 is 12.2 Å². The highest BCUT2D eigenvalue weighted by Crippen LogP contribution is 2.37. The molecular formula is C16H22F3N3O2. The fraction of sp³-hybridized carbons (Fsp3) is 0.562. The Morgan fingerprint density at radius 3 is 2.46 bits per heavy atom. The molecule has 134 valence electrons. The van der Waals surface area contributed by atoms with Crippen LogP contribution >= 0.6 is 0 Å². The van der Waals surface area contributed by atoms with Crippen LogP contribution in [0.15, 0.2) is 18.2 Å². The summed E-state index contributed by atoms with van der Waals surface area (Å²) in [6.45, 7) is 3.18. The Morgan fingerprint density at radius 2 is 1.92 bits per heavy atom. The number of hydrogen-bond donors (Lipinski definition) is 2. The van der Waals surface area contributed by atoms with Gasteiger partial charge in [-0.15, -0.1) is 0 Å². The highest BCUT2D eigenvalue weighted by molar-refractivity contribution is 5.74. The minimum Gasteiger partial charge on any atom is -0.395 e. The van der Waals surface area contributed by atoms with Gasteiger partial charge in [0.15, 0.2) is 0 Å². The first-order valence-electron chi connectivity index (χ1n) is 7.95. The van der Waals surface area contributed by atoms with Crippen molar-refractivity contribution in [1.29, 1.82) is 0 Å². The quantitative estimate of drug-likeness (QED) is 0.879. The molecule has 1 aliphatic heterocycles. The SMILES string of the molecule is CCc1ccc(N2CCN(C(=O)NCCO)CC2)c(C(F)(F)F)c1. The van der Waals surface area contributed by atoms with Crippen LogP contribution < -0.4 is 10.2 Å². The van der Waals surface area contributed by atoms with E-state index in [-0.39, 0.29) is 24.9 Å². The van der Waals surface area contributed by atoms with E-state index in [0.717, 1.165) is 0 Å². The Balaban J connectivity index is 2.10. The highest BCUT2D eigenvalue weighted by atomic mass is 19.4. The van der Waals surface area contributed by atoms with Crippen LogP contribution in [-0.4, -0.2) is 55.4 Å². The minimum absolute atomic E-state index is 0.148. The molecule has 0 aliphatic carbocycles. The number of alkyl halides is 3. The number of carbonyl (C=O) groups is 1. The van der Waals surface area contributed by atoms with Crippen LogP contribution in [0.25, 0.3) is 0 Å². The lowest BCUT2D eigenvalue weighted by Gasteiger charge is -2.37. The standard InChI is InChI=1S/C16H22F3N3O2/c1-2-12-3-4-14(13(11-12)16(17,18)19)21-6-8-22(9-7-21)15(24)20-5-10-23/h3-4,11,23H,2,5-10H2,1H3,(H,20,24). The van der Waals surface area contributed by atoms with Gasteiger partial charge in [-0.25, -0.2) is 4.79 Å². The summed E-state index contributed by atoms with van der Waals surface area (Å²) >= 11 is 0. The van der Waals surface area contributed by atoms with E-state index in [4.69, 9.17) is 5.11 Å². The predicted molar refractivity (Wildman–Crippen MR) is 85.1 cm³/mol. The van der Waals surface area contributed by atoms with Crippen molar-refractivity contribution in [3.05, 3.63) is 29.3 Å². The molecule has 5 nitrogen and oxygen atoms in total. The molecule has 2 rings (SSSR count). The monoisotopic (exact) mass is 345 g/mol. The Labute approximate surface area is 139 Å². The number of aliphatic hydroxyl groups is 1. The maximum Gasteiger partial charge on any atom is 0.418 e. The lowest BCUT2D eigenvalue weighted by atomic mass is 10.0. The lowest BCUT2D eigenvalue weighted by molar-refractivity contribution is -0.137. The largest absolute Gasteiger partial charge is 0.418 e. The van der Waals surface area contributed by atoms with Gasteiger partial charge in [0.2, 0.25) is 0 Å². The number of rotatable bonds is 4. The first kappa shape index (κ1) is 18.4. The third-order valence-corrected chi connectivity index (χ3v) is 4.07. The minimum atomic E-state index is -4.41. The number of anilines is 1. The predicted octanol–water partition coefficient (Wildman–Crippen LogP) is 2.09. The number of benzene rings is 1. The molecule has 1 fully saturated rings. The fourth-order valence-corrected chi connectivity index (χ4v) is 2.73. The van der Waals surface area contributed by atoms with E-state index in [1.807, 2.05) is 6.92 Å². The molecule has 0 bridgehead atoms. The van der Waals surface area contributed by atoms with Gasteiger partial charge in [-0.3, -0.25) is 0 Å². The molecule has 1 aromatic carbocycles. The molecule has 0 aromatic heterocycles. The second kappa shape index (κ2) is 7.74. The Kier molecular flexibility index (Phi) is 5.93. The number of nitrogens with one attached hydrogen (secondary N) is 1. The fourth-order valence-electron chi connectivity index (χ4n) is 2.73. The maximum absolute atomic E-state index is 13.3. The number of aliphatic hydroxyl groups excluding tert-OH is 1.